The van der Waals surface area contributed by atoms with Crippen LogP contribution in [0.5, 0.6) is 5.75 Å². The van der Waals surface area contributed by atoms with Crippen molar-refractivity contribution >= 4 is 17.7 Å². The van der Waals surface area contributed by atoms with Gasteiger partial charge in [-0.25, -0.2) is 0 Å². The second-order valence-corrected chi connectivity index (χ2v) is 4.21. The van der Waals surface area contributed by atoms with Crippen LogP contribution in [0.1, 0.15) is 21.5 Å². The topological polar surface area (TPSA) is 37.3 Å². The average molecular weight is 244 g/mol. The van der Waals surface area contributed by atoms with Gasteiger partial charge in [-0.1, -0.05) is 36.4 Å². The van der Waals surface area contributed by atoms with E-state index in [1.165, 1.54) is 0 Å². The Kier molecular flexibility index (Phi) is 3.49. The molecule has 2 aromatic carbocycles. The Morgan fingerprint density at radius 1 is 1.06 bits per heavy atom. The van der Waals surface area contributed by atoms with Crippen LogP contribution in [0, 0.1) is 0 Å². The maximum absolute atomic E-state index is 11.3. The first-order chi connectivity index (χ1) is 8.16. The fourth-order valence-electron chi connectivity index (χ4n) is 1.72. The molecule has 0 unspecified atom stereocenters. The Balaban J connectivity index is 2.30. The Morgan fingerprint density at radius 2 is 1.71 bits per heavy atom. The van der Waals surface area contributed by atoms with Crippen molar-refractivity contribution in [2.45, 2.75) is 6.42 Å². The van der Waals surface area contributed by atoms with Gasteiger partial charge in [0.15, 0.2) is 0 Å². The summed E-state index contributed by atoms with van der Waals surface area (Å²) < 4.78 is 0. The fraction of sp³-hybridized carbons (Fsp3) is 0.0714. The number of benzene rings is 2. The van der Waals surface area contributed by atoms with Gasteiger partial charge in [0, 0.05) is 5.56 Å². The first kappa shape index (κ1) is 11.7. The molecule has 0 saturated carbocycles. The molecule has 86 valence electrons. The zero-order valence-electron chi connectivity index (χ0n) is 9.13. The number of hydrogen-bond acceptors (Lipinski definition) is 2. The van der Waals surface area contributed by atoms with E-state index in [-0.39, 0.29) is 10.9 Å². The van der Waals surface area contributed by atoms with Gasteiger partial charge in [0.05, 0.1) is 0 Å². The molecule has 0 aromatic heterocycles. The van der Waals surface area contributed by atoms with E-state index in [9.17, 15) is 9.90 Å². The van der Waals surface area contributed by atoms with Crippen LogP contribution in [0.25, 0.3) is 0 Å². The number of phenolic OH excluding ortho intramolecular Hbond substituents is 1. The molecule has 2 rings (SSSR count). The number of carbonyl (C=O) groups excluding carboxylic acids is 1. The molecule has 2 aromatic rings. The minimum Gasteiger partial charge on any atom is -0.508 e. The van der Waals surface area contributed by atoms with E-state index in [2.05, 4.69) is 12.6 Å². The molecular weight excluding hydrogens is 232 g/mol. The molecule has 0 fully saturated rings. The lowest BCUT2D eigenvalue weighted by atomic mass is 10.0. The van der Waals surface area contributed by atoms with Gasteiger partial charge in [0.25, 0.3) is 0 Å². The van der Waals surface area contributed by atoms with Crippen LogP contribution in [0.3, 0.4) is 0 Å². The van der Waals surface area contributed by atoms with Gasteiger partial charge >= 0.3 is 0 Å². The Morgan fingerprint density at radius 3 is 2.35 bits per heavy atom. The monoisotopic (exact) mass is 244 g/mol. The van der Waals surface area contributed by atoms with Crippen molar-refractivity contribution in [2.24, 2.45) is 0 Å². The highest BCUT2D eigenvalue weighted by Crippen LogP contribution is 2.18. The van der Waals surface area contributed by atoms with Crippen LogP contribution in [0.15, 0.2) is 48.5 Å². The van der Waals surface area contributed by atoms with Gasteiger partial charge in [-0.15, -0.1) is 12.6 Å². The molecule has 0 atom stereocenters. The van der Waals surface area contributed by atoms with Crippen molar-refractivity contribution in [3.63, 3.8) is 0 Å². The van der Waals surface area contributed by atoms with Gasteiger partial charge < -0.3 is 5.11 Å². The van der Waals surface area contributed by atoms with Gasteiger partial charge in [0.2, 0.25) is 5.12 Å². The second-order valence-electron chi connectivity index (χ2n) is 3.81. The van der Waals surface area contributed by atoms with E-state index >= 15 is 0 Å². The molecule has 0 heterocycles. The summed E-state index contributed by atoms with van der Waals surface area (Å²) >= 11 is 3.86. The first-order valence-electron chi connectivity index (χ1n) is 5.26. The van der Waals surface area contributed by atoms with E-state index in [0.717, 1.165) is 11.1 Å². The summed E-state index contributed by atoms with van der Waals surface area (Å²) in [5.41, 5.74) is 2.62. The largest absolute Gasteiger partial charge is 0.508 e. The minimum absolute atomic E-state index is 0.223. The first-order valence-corrected chi connectivity index (χ1v) is 5.70. The van der Waals surface area contributed by atoms with Crippen LogP contribution in [0.4, 0.5) is 0 Å². The summed E-state index contributed by atoms with van der Waals surface area (Å²) in [4.78, 5) is 11.3. The number of hydrogen-bond donors (Lipinski definition) is 2. The summed E-state index contributed by atoms with van der Waals surface area (Å²) in [5, 5.41) is 8.98. The van der Waals surface area contributed by atoms with E-state index in [0.29, 0.717) is 12.0 Å². The molecule has 0 spiro atoms. The van der Waals surface area contributed by atoms with Gasteiger partial charge in [-0.2, -0.15) is 0 Å². The van der Waals surface area contributed by atoms with Crippen molar-refractivity contribution in [3.05, 3.63) is 65.2 Å². The molecule has 0 aliphatic rings. The second kappa shape index (κ2) is 5.06. The van der Waals surface area contributed by atoms with Crippen LogP contribution < -0.4 is 0 Å². The third-order valence-electron chi connectivity index (χ3n) is 2.58. The smallest absolute Gasteiger partial charge is 0.216 e. The van der Waals surface area contributed by atoms with Crippen molar-refractivity contribution in [1.82, 2.24) is 0 Å². The number of carbonyl (C=O) groups is 1. The quantitative estimate of drug-likeness (QED) is 0.814. The Hall–Kier alpha value is -1.74. The highest BCUT2D eigenvalue weighted by atomic mass is 32.1. The van der Waals surface area contributed by atoms with Crippen LogP contribution in [-0.4, -0.2) is 10.2 Å². The van der Waals surface area contributed by atoms with Crippen molar-refractivity contribution in [3.8, 4) is 5.75 Å². The molecule has 0 amide bonds. The standard InChI is InChI=1S/C14H12O2S/c15-12-7-5-10(6-8-12)9-11-3-1-2-4-13(11)14(16)17/h1-8,15H,9H2,(H,16,17). The summed E-state index contributed by atoms with van der Waals surface area (Å²) in [6.07, 6.45) is 0.656. The third-order valence-corrected chi connectivity index (χ3v) is 2.82. The average Bonchev–Trinajstić information content (AvgIpc) is 2.32. The van der Waals surface area contributed by atoms with Crippen LogP contribution >= 0.6 is 12.6 Å². The third kappa shape index (κ3) is 2.88. The Labute approximate surface area is 105 Å². The van der Waals surface area contributed by atoms with Gasteiger partial charge in [-0.05, 0) is 29.7 Å². The van der Waals surface area contributed by atoms with Gasteiger partial charge in [0.1, 0.15) is 5.75 Å². The van der Waals surface area contributed by atoms with Gasteiger partial charge in [-0.3, -0.25) is 4.79 Å². The lowest BCUT2D eigenvalue weighted by Crippen LogP contribution is -1.98. The SMILES string of the molecule is O=C(S)c1ccccc1Cc1ccc(O)cc1. The van der Waals surface area contributed by atoms with Crippen LogP contribution in [0.2, 0.25) is 0 Å². The molecular formula is C14H12O2S. The maximum atomic E-state index is 11.3. The molecule has 0 aliphatic heterocycles. The molecule has 2 nitrogen and oxygen atoms in total. The van der Waals surface area contributed by atoms with Crippen LogP contribution in [-0.2, 0) is 6.42 Å². The summed E-state index contributed by atoms with van der Waals surface area (Å²) in [6.45, 7) is 0. The summed E-state index contributed by atoms with van der Waals surface area (Å²) in [5.74, 6) is 0.243. The number of aromatic hydroxyl groups is 1. The normalized spacial score (nSPS) is 10.2. The Bertz CT molecular complexity index is 532. The minimum atomic E-state index is -0.223. The van der Waals surface area contributed by atoms with Crippen molar-refractivity contribution in [2.75, 3.05) is 0 Å². The number of rotatable bonds is 3. The maximum Gasteiger partial charge on any atom is 0.216 e. The predicted octanol–water partition coefficient (Wildman–Crippen LogP) is 3.05. The fourth-order valence-corrected chi connectivity index (χ4v) is 1.93. The van der Waals surface area contributed by atoms with E-state index in [1.807, 2.05) is 30.3 Å². The highest BCUT2D eigenvalue weighted by molar-refractivity contribution is 7.97. The van der Waals surface area contributed by atoms with E-state index < -0.39 is 0 Å². The lowest BCUT2D eigenvalue weighted by Gasteiger charge is -2.06. The van der Waals surface area contributed by atoms with E-state index in [1.54, 1.807) is 18.2 Å². The zero-order chi connectivity index (χ0) is 12.3. The molecule has 0 aliphatic carbocycles. The molecule has 0 saturated heterocycles. The molecule has 3 heteroatoms. The zero-order valence-corrected chi connectivity index (χ0v) is 10.0. The van der Waals surface area contributed by atoms with E-state index in [4.69, 9.17) is 0 Å². The lowest BCUT2D eigenvalue weighted by molar-refractivity contribution is 0.109. The van der Waals surface area contributed by atoms with Crippen molar-refractivity contribution in [1.29, 1.82) is 0 Å². The molecule has 17 heavy (non-hydrogen) atoms. The molecule has 1 N–H and O–H groups in total. The number of phenols is 1. The number of thiol groups is 1. The summed E-state index contributed by atoms with van der Waals surface area (Å²) in [6, 6.07) is 14.4. The molecule has 0 radical (unpaired) electrons. The van der Waals surface area contributed by atoms with Crippen molar-refractivity contribution < 1.29 is 9.90 Å². The molecule has 0 bridgehead atoms. The predicted molar refractivity (Wildman–Crippen MR) is 70.7 cm³/mol. The summed E-state index contributed by atoms with van der Waals surface area (Å²) in [7, 11) is 0. The highest BCUT2D eigenvalue weighted by Gasteiger charge is 2.07.